The predicted octanol–water partition coefficient (Wildman–Crippen LogP) is 3.65. The number of nitro benzene ring substituents is 1. The van der Waals surface area contributed by atoms with E-state index in [4.69, 9.17) is 0 Å². The van der Waals surface area contributed by atoms with Gasteiger partial charge in [0.15, 0.2) is 0 Å². The van der Waals surface area contributed by atoms with Crippen LogP contribution in [0.4, 0.5) is 5.69 Å². The molecular weight excluding hydrogens is 318 g/mol. The molecule has 0 radical (unpaired) electrons. The van der Waals surface area contributed by atoms with Crippen LogP contribution < -0.4 is 5.43 Å². The SMILES string of the molecule is O=C(N/N=C\c1ccccc1[N+](=O)[O-])C12CC3C[C@H](CC[C@@H](C3)C1)C2. The lowest BCUT2D eigenvalue weighted by atomic mass is 9.58. The number of nitrogens with zero attached hydrogens (tertiary/aromatic N) is 2. The van der Waals surface area contributed by atoms with Crippen molar-refractivity contribution in [3.63, 3.8) is 0 Å². The molecule has 1 N–H and O–H groups in total. The third-order valence-electron chi connectivity index (χ3n) is 6.34. The summed E-state index contributed by atoms with van der Waals surface area (Å²) in [4.78, 5) is 23.5. The van der Waals surface area contributed by atoms with Crippen molar-refractivity contribution in [2.24, 2.45) is 28.3 Å². The van der Waals surface area contributed by atoms with Crippen LogP contribution in [0.1, 0.15) is 50.5 Å². The first kappa shape index (κ1) is 16.2. The van der Waals surface area contributed by atoms with Crippen LogP contribution in [0.2, 0.25) is 0 Å². The molecule has 6 nitrogen and oxygen atoms in total. The fourth-order valence-corrected chi connectivity index (χ4v) is 5.51. The summed E-state index contributed by atoms with van der Waals surface area (Å²) in [5.74, 6) is 2.04. The second-order valence-corrected chi connectivity index (χ2v) is 8.05. The maximum atomic E-state index is 12.9. The number of nitrogens with one attached hydrogen (secondary N) is 1. The van der Waals surface area contributed by atoms with Gasteiger partial charge in [0.2, 0.25) is 5.91 Å². The Morgan fingerprint density at radius 2 is 1.80 bits per heavy atom. The van der Waals surface area contributed by atoms with Gasteiger partial charge in [0.1, 0.15) is 0 Å². The van der Waals surface area contributed by atoms with Gasteiger partial charge in [0.25, 0.3) is 5.69 Å². The lowest BCUT2D eigenvalue weighted by molar-refractivity contribution is -0.385. The summed E-state index contributed by atoms with van der Waals surface area (Å²) >= 11 is 0. The Labute approximate surface area is 146 Å². The average molecular weight is 341 g/mol. The molecule has 4 saturated carbocycles. The van der Waals surface area contributed by atoms with Crippen molar-refractivity contribution in [2.45, 2.75) is 44.9 Å². The van der Waals surface area contributed by atoms with Crippen molar-refractivity contribution in [2.75, 3.05) is 0 Å². The lowest BCUT2D eigenvalue weighted by Crippen LogP contribution is -2.47. The Morgan fingerprint density at radius 1 is 1.16 bits per heavy atom. The van der Waals surface area contributed by atoms with Crippen molar-refractivity contribution in [1.82, 2.24) is 5.43 Å². The molecule has 0 saturated heterocycles. The fraction of sp³-hybridized carbons (Fsp3) is 0.579. The van der Waals surface area contributed by atoms with Gasteiger partial charge in [-0.25, -0.2) is 5.43 Å². The number of hydrazone groups is 1. The van der Waals surface area contributed by atoms with Gasteiger partial charge in [0, 0.05) is 6.07 Å². The Hall–Kier alpha value is -2.24. The zero-order chi connectivity index (χ0) is 17.4. The molecule has 1 aromatic rings. The highest BCUT2D eigenvalue weighted by atomic mass is 16.6. The van der Waals surface area contributed by atoms with E-state index in [0.29, 0.717) is 23.3 Å². The average Bonchev–Trinajstić information content (AvgIpc) is 2.81. The zero-order valence-electron chi connectivity index (χ0n) is 14.2. The monoisotopic (exact) mass is 341 g/mol. The van der Waals surface area contributed by atoms with E-state index in [1.165, 1.54) is 38.0 Å². The van der Waals surface area contributed by atoms with E-state index in [1.54, 1.807) is 18.2 Å². The normalized spacial score (nSPS) is 33.4. The van der Waals surface area contributed by atoms with Gasteiger partial charge in [0.05, 0.1) is 22.1 Å². The number of rotatable bonds is 4. The van der Waals surface area contributed by atoms with Gasteiger partial charge in [-0.05, 0) is 55.9 Å². The van der Waals surface area contributed by atoms with Crippen LogP contribution >= 0.6 is 0 Å². The van der Waals surface area contributed by atoms with Gasteiger partial charge < -0.3 is 0 Å². The number of benzene rings is 1. The molecule has 4 aliphatic rings. The molecule has 5 rings (SSSR count). The number of hydrogen-bond acceptors (Lipinski definition) is 4. The highest BCUT2D eigenvalue weighted by Gasteiger charge is 2.52. The fourth-order valence-electron chi connectivity index (χ4n) is 5.51. The van der Waals surface area contributed by atoms with Crippen LogP contribution in [0.25, 0.3) is 0 Å². The molecule has 132 valence electrons. The molecule has 0 spiro atoms. The second kappa shape index (κ2) is 6.24. The summed E-state index contributed by atoms with van der Waals surface area (Å²) < 4.78 is 0. The number of amides is 1. The summed E-state index contributed by atoms with van der Waals surface area (Å²) in [6.45, 7) is 0. The van der Waals surface area contributed by atoms with Crippen molar-refractivity contribution in [3.8, 4) is 0 Å². The highest BCUT2D eigenvalue weighted by Crippen LogP contribution is 2.57. The number of carbonyl (C=O) groups excluding carboxylic acids is 1. The molecular formula is C19H23N3O3. The molecule has 4 fully saturated rings. The van der Waals surface area contributed by atoms with E-state index < -0.39 is 4.92 Å². The van der Waals surface area contributed by atoms with Gasteiger partial charge in [-0.15, -0.1) is 0 Å². The molecule has 2 atom stereocenters. The summed E-state index contributed by atoms with van der Waals surface area (Å²) in [6, 6.07) is 6.41. The second-order valence-electron chi connectivity index (χ2n) is 8.05. The van der Waals surface area contributed by atoms with E-state index in [1.807, 2.05) is 0 Å². The minimum absolute atomic E-state index is 0.00336. The van der Waals surface area contributed by atoms with Crippen molar-refractivity contribution < 1.29 is 9.72 Å². The minimum atomic E-state index is -0.438. The summed E-state index contributed by atoms with van der Waals surface area (Å²) in [5.41, 5.74) is 2.81. The largest absolute Gasteiger partial charge is 0.278 e. The Bertz CT molecular complexity index is 714. The van der Waals surface area contributed by atoms with Crippen molar-refractivity contribution >= 4 is 17.8 Å². The lowest BCUT2D eigenvalue weighted by Gasteiger charge is -2.46. The summed E-state index contributed by atoms with van der Waals surface area (Å²) in [6.07, 6.45) is 9.40. The van der Waals surface area contributed by atoms with Crippen LogP contribution in [0.15, 0.2) is 29.4 Å². The van der Waals surface area contributed by atoms with Crippen LogP contribution in [0.3, 0.4) is 0 Å². The zero-order valence-corrected chi connectivity index (χ0v) is 14.2. The van der Waals surface area contributed by atoms with Gasteiger partial charge in [-0.3, -0.25) is 14.9 Å². The number of hydrogen-bond donors (Lipinski definition) is 1. The van der Waals surface area contributed by atoms with Gasteiger partial charge >= 0.3 is 0 Å². The number of nitro groups is 1. The highest BCUT2D eigenvalue weighted by molar-refractivity contribution is 5.88. The van der Waals surface area contributed by atoms with Crippen molar-refractivity contribution in [1.29, 1.82) is 0 Å². The first-order valence-corrected chi connectivity index (χ1v) is 9.13. The molecule has 25 heavy (non-hydrogen) atoms. The molecule has 1 amide bonds. The quantitative estimate of drug-likeness (QED) is 0.515. The maximum absolute atomic E-state index is 12.9. The Morgan fingerprint density at radius 3 is 2.48 bits per heavy atom. The molecule has 0 unspecified atom stereocenters. The maximum Gasteiger partial charge on any atom is 0.278 e. The number of para-hydroxylation sites is 1. The van der Waals surface area contributed by atoms with E-state index in [0.717, 1.165) is 19.3 Å². The standard InChI is InChI=1S/C19H23N3O3/c23-18(21-20-12-16-3-1-2-4-17(16)22(24)25)19-9-13-5-6-14(10-19)8-15(7-13)11-19/h1-4,12-15H,5-11H2,(H,21,23)/b20-12-/t13-,14-,15?,19?/m0/s1. The third-order valence-corrected chi connectivity index (χ3v) is 6.34. The van der Waals surface area contributed by atoms with E-state index in [2.05, 4.69) is 10.5 Å². The first-order chi connectivity index (χ1) is 12.1. The molecule has 1 aromatic carbocycles. The first-order valence-electron chi connectivity index (χ1n) is 9.13. The van der Waals surface area contributed by atoms with E-state index in [-0.39, 0.29) is 17.0 Å². The van der Waals surface area contributed by atoms with Crippen LogP contribution in [-0.4, -0.2) is 17.0 Å². The van der Waals surface area contributed by atoms with Gasteiger partial charge in [-0.1, -0.05) is 25.0 Å². The van der Waals surface area contributed by atoms with Gasteiger partial charge in [-0.2, -0.15) is 5.10 Å². The topological polar surface area (TPSA) is 84.6 Å². The summed E-state index contributed by atoms with van der Waals surface area (Å²) in [5, 5.41) is 15.1. The molecule has 0 heterocycles. The van der Waals surface area contributed by atoms with E-state index in [9.17, 15) is 14.9 Å². The minimum Gasteiger partial charge on any atom is -0.273 e. The summed E-state index contributed by atoms with van der Waals surface area (Å²) in [7, 11) is 0. The molecule has 4 bridgehead atoms. The van der Waals surface area contributed by atoms with E-state index >= 15 is 0 Å². The van der Waals surface area contributed by atoms with Crippen molar-refractivity contribution in [3.05, 3.63) is 39.9 Å². The molecule has 0 aromatic heterocycles. The molecule has 6 heteroatoms. The smallest absolute Gasteiger partial charge is 0.273 e. The predicted molar refractivity (Wildman–Crippen MR) is 94.1 cm³/mol. The van der Waals surface area contributed by atoms with Crippen LogP contribution in [-0.2, 0) is 4.79 Å². The van der Waals surface area contributed by atoms with Crippen LogP contribution in [0, 0.1) is 33.3 Å². The molecule has 0 aliphatic heterocycles. The molecule has 4 aliphatic carbocycles. The number of carbonyl (C=O) groups is 1. The Kier molecular flexibility index (Phi) is 4.06. The number of fused-ring (bicyclic) bond motifs is 1. The third kappa shape index (κ3) is 3.05. The Balaban J connectivity index is 1.49. The van der Waals surface area contributed by atoms with Crippen LogP contribution in [0.5, 0.6) is 0 Å².